The number of aliphatic hydroxyl groups excluding tert-OH is 1. The van der Waals surface area contributed by atoms with Gasteiger partial charge in [0.2, 0.25) is 10.0 Å². The number of benzene rings is 2. The van der Waals surface area contributed by atoms with Crippen molar-refractivity contribution in [1.29, 1.82) is 0 Å². The number of sulfonamides is 1. The van der Waals surface area contributed by atoms with Crippen LogP contribution in [0.1, 0.15) is 38.0 Å². The first-order valence-corrected chi connectivity index (χ1v) is 10.3. The fourth-order valence-corrected chi connectivity index (χ4v) is 3.83. The normalized spacial score (nSPS) is 15.4. The first kappa shape index (κ1) is 19.7. The van der Waals surface area contributed by atoms with Gasteiger partial charge in [-0.2, -0.15) is 0 Å². The van der Waals surface area contributed by atoms with Crippen molar-refractivity contribution in [1.82, 2.24) is 4.72 Å². The van der Waals surface area contributed by atoms with Crippen LogP contribution in [0.15, 0.2) is 47.4 Å². The van der Waals surface area contributed by atoms with Gasteiger partial charge >= 0.3 is 0 Å². The Kier molecular flexibility index (Phi) is 5.46. The lowest BCUT2D eigenvalue weighted by Gasteiger charge is -2.20. The van der Waals surface area contributed by atoms with Crippen LogP contribution in [0.2, 0.25) is 0 Å². The van der Waals surface area contributed by atoms with Crippen molar-refractivity contribution in [2.24, 2.45) is 0 Å². The van der Waals surface area contributed by atoms with E-state index < -0.39 is 16.1 Å². The number of fused-ring (bicyclic) bond motifs is 1. The van der Waals surface area contributed by atoms with Crippen molar-refractivity contribution in [2.75, 3.05) is 19.8 Å². The summed E-state index contributed by atoms with van der Waals surface area (Å²) in [6.45, 7) is 7.00. The molecule has 2 aromatic rings. The quantitative estimate of drug-likeness (QED) is 0.819. The van der Waals surface area contributed by atoms with Gasteiger partial charge in [0.25, 0.3) is 0 Å². The maximum atomic E-state index is 12.5. The Bertz CT molecular complexity index is 901. The molecule has 2 aromatic carbocycles. The van der Waals surface area contributed by atoms with E-state index in [0.717, 1.165) is 5.56 Å². The van der Waals surface area contributed by atoms with Gasteiger partial charge in [0, 0.05) is 6.54 Å². The van der Waals surface area contributed by atoms with Crippen LogP contribution in [-0.2, 0) is 15.4 Å². The monoisotopic (exact) mass is 391 g/mol. The molecule has 0 radical (unpaired) electrons. The Hall–Kier alpha value is -2.09. The average molecular weight is 391 g/mol. The average Bonchev–Trinajstić information content (AvgIpc) is 2.65. The van der Waals surface area contributed by atoms with E-state index in [1.807, 2.05) is 12.1 Å². The molecule has 1 heterocycles. The van der Waals surface area contributed by atoms with E-state index in [4.69, 9.17) is 9.47 Å². The molecule has 2 N–H and O–H groups in total. The number of aliphatic hydroxyl groups is 1. The summed E-state index contributed by atoms with van der Waals surface area (Å²) in [7, 11) is -3.71. The van der Waals surface area contributed by atoms with E-state index in [1.54, 1.807) is 30.3 Å². The highest BCUT2D eigenvalue weighted by Crippen LogP contribution is 2.32. The summed E-state index contributed by atoms with van der Waals surface area (Å²) in [5.74, 6) is 1.18. The number of hydrogen-bond acceptors (Lipinski definition) is 5. The van der Waals surface area contributed by atoms with Crippen molar-refractivity contribution in [3.8, 4) is 11.5 Å². The molecule has 0 fully saturated rings. The molecular weight excluding hydrogens is 366 g/mol. The SMILES string of the molecule is CC(C)(C)c1ccc(S(=O)(=O)NCC(O)c2ccc3c(c2)OCCO3)cc1. The van der Waals surface area contributed by atoms with E-state index in [9.17, 15) is 13.5 Å². The molecule has 7 heteroatoms. The van der Waals surface area contributed by atoms with Crippen LogP contribution in [0.3, 0.4) is 0 Å². The van der Waals surface area contributed by atoms with Gasteiger partial charge in [-0.3, -0.25) is 0 Å². The van der Waals surface area contributed by atoms with Crippen LogP contribution in [0, 0.1) is 0 Å². The zero-order valence-electron chi connectivity index (χ0n) is 15.7. The molecule has 1 aliphatic rings. The van der Waals surface area contributed by atoms with Gasteiger partial charge in [0.15, 0.2) is 11.5 Å². The van der Waals surface area contributed by atoms with Crippen molar-refractivity contribution in [3.63, 3.8) is 0 Å². The van der Waals surface area contributed by atoms with E-state index in [-0.39, 0.29) is 16.9 Å². The highest BCUT2D eigenvalue weighted by atomic mass is 32.2. The first-order valence-electron chi connectivity index (χ1n) is 8.85. The molecule has 0 amide bonds. The van der Waals surface area contributed by atoms with Crippen molar-refractivity contribution in [3.05, 3.63) is 53.6 Å². The molecule has 0 aromatic heterocycles. The fraction of sp³-hybridized carbons (Fsp3) is 0.400. The second kappa shape index (κ2) is 7.50. The Labute approximate surface area is 160 Å². The molecule has 0 saturated heterocycles. The van der Waals surface area contributed by atoms with Crippen molar-refractivity contribution in [2.45, 2.75) is 37.2 Å². The van der Waals surface area contributed by atoms with Gasteiger partial charge in [-0.15, -0.1) is 0 Å². The molecule has 3 rings (SSSR count). The van der Waals surface area contributed by atoms with Crippen LogP contribution < -0.4 is 14.2 Å². The summed E-state index contributed by atoms with van der Waals surface area (Å²) in [6.07, 6.45) is -0.996. The highest BCUT2D eigenvalue weighted by Gasteiger charge is 2.20. The van der Waals surface area contributed by atoms with Crippen LogP contribution in [-0.4, -0.2) is 33.3 Å². The summed E-state index contributed by atoms with van der Waals surface area (Å²) in [5.41, 5.74) is 1.56. The molecular formula is C20H25NO5S. The van der Waals surface area contributed by atoms with E-state index >= 15 is 0 Å². The summed E-state index contributed by atoms with van der Waals surface area (Å²) >= 11 is 0. The smallest absolute Gasteiger partial charge is 0.240 e. The Morgan fingerprint density at radius 2 is 1.67 bits per heavy atom. The molecule has 1 atom stereocenters. The topological polar surface area (TPSA) is 84.9 Å². The van der Waals surface area contributed by atoms with Crippen molar-refractivity contribution < 1.29 is 23.0 Å². The van der Waals surface area contributed by atoms with Gasteiger partial charge < -0.3 is 14.6 Å². The van der Waals surface area contributed by atoms with Crippen LogP contribution in [0.5, 0.6) is 11.5 Å². The molecule has 1 unspecified atom stereocenters. The van der Waals surface area contributed by atoms with E-state index in [2.05, 4.69) is 25.5 Å². The summed E-state index contributed by atoms with van der Waals surface area (Å²) in [5, 5.41) is 10.4. The van der Waals surface area contributed by atoms with Gasteiger partial charge in [-0.25, -0.2) is 13.1 Å². The molecule has 0 spiro atoms. The molecule has 27 heavy (non-hydrogen) atoms. The standard InChI is InChI=1S/C20H25NO5S/c1-20(2,3)15-5-7-16(8-6-15)27(23,24)21-13-17(22)14-4-9-18-19(12-14)26-11-10-25-18/h4-9,12,17,21-22H,10-11,13H2,1-3H3. The third-order valence-electron chi connectivity index (χ3n) is 4.45. The number of hydrogen-bond donors (Lipinski definition) is 2. The second-order valence-electron chi connectivity index (χ2n) is 7.55. The number of nitrogens with one attached hydrogen (secondary N) is 1. The van der Waals surface area contributed by atoms with Crippen LogP contribution >= 0.6 is 0 Å². The predicted octanol–water partition coefficient (Wildman–Crippen LogP) is 2.77. The minimum Gasteiger partial charge on any atom is -0.486 e. The third kappa shape index (κ3) is 4.61. The maximum Gasteiger partial charge on any atom is 0.240 e. The maximum absolute atomic E-state index is 12.5. The van der Waals surface area contributed by atoms with Gasteiger partial charge in [-0.1, -0.05) is 39.0 Å². The van der Waals surface area contributed by atoms with Crippen LogP contribution in [0.25, 0.3) is 0 Å². The molecule has 6 nitrogen and oxygen atoms in total. The van der Waals surface area contributed by atoms with Gasteiger partial charge in [-0.05, 0) is 40.8 Å². The minimum atomic E-state index is -3.71. The highest BCUT2D eigenvalue weighted by molar-refractivity contribution is 7.89. The lowest BCUT2D eigenvalue weighted by molar-refractivity contribution is 0.165. The second-order valence-corrected chi connectivity index (χ2v) is 9.31. The fourth-order valence-electron chi connectivity index (χ4n) is 2.79. The lowest BCUT2D eigenvalue weighted by atomic mass is 9.87. The molecule has 146 valence electrons. The molecule has 0 aliphatic carbocycles. The zero-order chi connectivity index (χ0) is 19.7. The number of ether oxygens (including phenoxy) is 2. The third-order valence-corrected chi connectivity index (χ3v) is 5.89. The first-order chi connectivity index (χ1) is 12.7. The van der Waals surface area contributed by atoms with Crippen LogP contribution in [0.4, 0.5) is 0 Å². The van der Waals surface area contributed by atoms with E-state index in [1.165, 1.54) is 0 Å². The Morgan fingerprint density at radius 3 is 2.30 bits per heavy atom. The molecule has 0 saturated carbocycles. The van der Waals surface area contributed by atoms with Gasteiger partial charge in [0.05, 0.1) is 11.0 Å². The summed E-state index contributed by atoms with van der Waals surface area (Å²) in [6, 6.07) is 11.9. The summed E-state index contributed by atoms with van der Waals surface area (Å²) < 4.78 is 38.4. The minimum absolute atomic E-state index is 0.0514. The molecule has 0 bridgehead atoms. The number of rotatable bonds is 5. The lowest BCUT2D eigenvalue weighted by Crippen LogP contribution is -2.28. The Morgan fingerprint density at radius 1 is 1.04 bits per heavy atom. The van der Waals surface area contributed by atoms with Crippen molar-refractivity contribution >= 4 is 10.0 Å². The largest absolute Gasteiger partial charge is 0.486 e. The Balaban J connectivity index is 1.68. The predicted molar refractivity (Wildman–Crippen MR) is 103 cm³/mol. The van der Waals surface area contributed by atoms with E-state index in [0.29, 0.717) is 30.3 Å². The molecule has 1 aliphatic heterocycles. The van der Waals surface area contributed by atoms with Gasteiger partial charge in [0.1, 0.15) is 13.2 Å². The summed E-state index contributed by atoms with van der Waals surface area (Å²) in [4.78, 5) is 0.171. The zero-order valence-corrected chi connectivity index (χ0v) is 16.5.